The summed E-state index contributed by atoms with van der Waals surface area (Å²) in [6, 6.07) is 8.71. The zero-order valence-electron chi connectivity index (χ0n) is 17.3. The Balaban J connectivity index is 1.65. The van der Waals surface area contributed by atoms with E-state index in [1.807, 2.05) is 12.1 Å². The number of benzene rings is 1. The number of hydrogen-bond acceptors (Lipinski definition) is 5. The van der Waals surface area contributed by atoms with Crippen LogP contribution in [0.2, 0.25) is 5.28 Å². The maximum Gasteiger partial charge on any atom is 0.225 e. The molecule has 1 saturated heterocycles. The van der Waals surface area contributed by atoms with E-state index in [1.54, 1.807) is 18.4 Å². The van der Waals surface area contributed by atoms with Crippen LogP contribution in [0.1, 0.15) is 40.0 Å². The lowest BCUT2D eigenvalue weighted by atomic mass is 9.65. The highest BCUT2D eigenvalue weighted by Gasteiger charge is 2.50. The van der Waals surface area contributed by atoms with E-state index in [2.05, 4.69) is 48.2 Å². The molecule has 6 heteroatoms. The average molecular weight is 428 g/mol. The highest BCUT2D eigenvalue weighted by atomic mass is 35.5. The molecule has 29 heavy (non-hydrogen) atoms. The number of thiophene rings is 1. The summed E-state index contributed by atoms with van der Waals surface area (Å²) in [7, 11) is 1.69. The van der Waals surface area contributed by atoms with Crippen LogP contribution in [0.3, 0.4) is 0 Å². The minimum Gasteiger partial charge on any atom is -0.497 e. The van der Waals surface area contributed by atoms with Gasteiger partial charge in [-0.05, 0) is 59.4 Å². The fourth-order valence-corrected chi connectivity index (χ4v) is 6.95. The molecule has 2 atom stereocenters. The maximum atomic E-state index is 6.37. The van der Waals surface area contributed by atoms with Gasteiger partial charge in [0, 0.05) is 23.5 Å². The van der Waals surface area contributed by atoms with Crippen molar-refractivity contribution < 1.29 is 4.74 Å². The highest BCUT2D eigenvalue weighted by molar-refractivity contribution is 7.17. The molecule has 0 spiro atoms. The predicted octanol–water partition coefficient (Wildman–Crippen LogP) is 6.43. The van der Waals surface area contributed by atoms with E-state index in [-0.39, 0.29) is 0 Å². The van der Waals surface area contributed by atoms with E-state index in [0.717, 1.165) is 33.9 Å². The first-order chi connectivity index (χ1) is 13.8. The Morgan fingerprint density at radius 3 is 2.62 bits per heavy atom. The molecule has 2 bridgehead atoms. The second-order valence-corrected chi connectivity index (χ2v) is 10.9. The van der Waals surface area contributed by atoms with Crippen LogP contribution in [0.5, 0.6) is 5.75 Å². The van der Waals surface area contributed by atoms with Crippen LogP contribution in [0.4, 0.5) is 5.82 Å². The molecular weight excluding hydrogens is 402 g/mol. The normalized spacial score (nSPS) is 25.6. The maximum absolute atomic E-state index is 6.37. The molecule has 1 aromatic carbocycles. The van der Waals surface area contributed by atoms with Crippen LogP contribution >= 0.6 is 22.9 Å². The van der Waals surface area contributed by atoms with E-state index >= 15 is 0 Å². The fraction of sp³-hybridized carbons (Fsp3) is 0.478. The molecule has 152 valence electrons. The van der Waals surface area contributed by atoms with Crippen molar-refractivity contribution in [1.29, 1.82) is 0 Å². The first-order valence-corrected chi connectivity index (χ1v) is 11.4. The van der Waals surface area contributed by atoms with Gasteiger partial charge in [-0.15, -0.1) is 11.3 Å². The van der Waals surface area contributed by atoms with Crippen molar-refractivity contribution in [2.45, 2.75) is 46.1 Å². The van der Waals surface area contributed by atoms with E-state index in [4.69, 9.17) is 21.3 Å². The topological polar surface area (TPSA) is 38.3 Å². The number of nitrogens with zero attached hydrogens (tertiary/aromatic N) is 3. The Kier molecular flexibility index (Phi) is 4.34. The van der Waals surface area contributed by atoms with Crippen molar-refractivity contribution in [2.75, 3.05) is 18.6 Å². The molecule has 2 fully saturated rings. The molecular formula is C23H26ClN3OS. The summed E-state index contributed by atoms with van der Waals surface area (Å²) in [4.78, 5) is 12.8. The van der Waals surface area contributed by atoms with Crippen molar-refractivity contribution >= 4 is 39.0 Å². The first-order valence-electron chi connectivity index (χ1n) is 10.1. The second kappa shape index (κ2) is 6.58. The van der Waals surface area contributed by atoms with E-state index < -0.39 is 0 Å². The number of hydrogen-bond donors (Lipinski definition) is 0. The van der Waals surface area contributed by atoms with Crippen molar-refractivity contribution in [3.63, 3.8) is 0 Å². The molecule has 2 unspecified atom stereocenters. The number of methoxy groups -OCH3 is 1. The van der Waals surface area contributed by atoms with Gasteiger partial charge in [-0.3, -0.25) is 0 Å². The molecule has 2 aliphatic rings. The zero-order valence-corrected chi connectivity index (χ0v) is 18.9. The van der Waals surface area contributed by atoms with E-state index in [1.165, 1.54) is 24.8 Å². The standard InChI is InChI=1S/C23H26ClN3OS/c1-22(2)9-15-10-23(3,12-22)13-27(15)19-18-17(11-29-20(18)26-21(24)25-19)14-5-7-16(28-4)8-6-14/h5-8,11,15H,9-10,12-13H2,1-4H3. The lowest BCUT2D eigenvalue weighted by Crippen LogP contribution is -2.35. The molecule has 1 aliphatic heterocycles. The van der Waals surface area contributed by atoms with Gasteiger partial charge in [-0.25, -0.2) is 4.98 Å². The van der Waals surface area contributed by atoms with Crippen LogP contribution in [0.15, 0.2) is 29.6 Å². The minimum atomic E-state index is 0.326. The largest absolute Gasteiger partial charge is 0.497 e. The predicted molar refractivity (Wildman–Crippen MR) is 121 cm³/mol. The second-order valence-electron chi connectivity index (χ2n) is 9.72. The molecule has 1 aliphatic carbocycles. The van der Waals surface area contributed by atoms with Crippen LogP contribution < -0.4 is 9.64 Å². The lowest BCUT2D eigenvalue weighted by Gasteiger charge is -2.39. The molecule has 0 radical (unpaired) electrons. The Labute approximate surface area is 180 Å². The number of ether oxygens (including phenoxy) is 1. The molecule has 5 rings (SSSR count). The summed E-state index contributed by atoms with van der Waals surface area (Å²) >= 11 is 8.01. The smallest absolute Gasteiger partial charge is 0.225 e. The monoisotopic (exact) mass is 427 g/mol. The van der Waals surface area contributed by atoms with Gasteiger partial charge in [0.2, 0.25) is 5.28 Å². The number of fused-ring (bicyclic) bond motifs is 3. The average Bonchev–Trinajstić information content (AvgIpc) is 3.18. The zero-order chi connectivity index (χ0) is 20.4. The molecule has 2 aromatic heterocycles. The van der Waals surface area contributed by atoms with Crippen LogP contribution in [-0.4, -0.2) is 29.7 Å². The molecule has 0 N–H and O–H groups in total. The van der Waals surface area contributed by atoms with E-state index in [9.17, 15) is 0 Å². The third-order valence-electron chi connectivity index (χ3n) is 6.48. The Morgan fingerprint density at radius 2 is 1.90 bits per heavy atom. The number of rotatable bonds is 3. The SMILES string of the molecule is COc1ccc(-c2csc3nc(Cl)nc(N4CC5(C)CC4CC(C)(C)C5)c23)cc1. The third-order valence-corrected chi connectivity index (χ3v) is 7.52. The fourth-order valence-electron chi connectivity index (χ4n) is 5.80. The van der Waals surface area contributed by atoms with E-state index in [0.29, 0.717) is 22.2 Å². The molecule has 4 nitrogen and oxygen atoms in total. The lowest BCUT2D eigenvalue weighted by molar-refractivity contribution is 0.136. The van der Waals surface area contributed by atoms with Gasteiger partial charge in [0.05, 0.1) is 12.5 Å². The molecule has 0 amide bonds. The van der Waals surface area contributed by atoms with Crippen molar-refractivity contribution in [2.24, 2.45) is 10.8 Å². The van der Waals surface area contributed by atoms with Crippen molar-refractivity contribution in [3.05, 3.63) is 34.9 Å². The summed E-state index contributed by atoms with van der Waals surface area (Å²) in [5.41, 5.74) is 3.01. The van der Waals surface area contributed by atoms with Gasteiger partial charge in [0.25, 0.3) is 0 Å². The summed E-state index contributed by atoms with van der Waals surface area (Å²) in [6.45, 7) is 8.26. The van der Waals surface area contributed by atoms with Gasteiger partial charge in [0.1, 0.15) is 16.4 Å². The van der Waals surface area contributed by atoms with Crippen LogP contribution in [0, 0.1) is 10.8 Å². The third kappa shape index (κ3) is 3.28. The summed E-state index contributed by atoms with van der Waals surface area (Å²) in [5.74, 6) is 1.86. The van der Waals surface area contributed by atoms with Crippen LogP contribution in [0.25, 0.3) is 21.3 Å². The number of aromatic nitrogens is 2. The van der Waals surface area contributed by atoms with Gasteiger partial charge in [0.15, 0.2) is 0 Å². The molecule has 1 saturated carbocycles. The summed E-state index contributed by atoms with van der Waals surface area (Å²) < 4.78 is 5.32. The molecule has 3 heterocycles. The number of halogens is 1. The van der Waals surface area contributed by atoms with Gasteiger partial charge < -0.3 is 9.64 Å². The van der Waals surface area contributed by atoms with Crippen LogP contribution in [-0.2, 0) is 0 Å². The summed E-state index contributed by atoms with van der Waals surface area (Å²) in [5, 5.41) is 3.63. The van der Waals surface area contributed by atoms with Gasteiger partial charge >= 0.3 is 0 Å². The Hall–Kier alpha value is -1.85. The van der Waals surface area contributed by atoms with Gasteiger partial charge in [-0.1, -0.05) is 32.9 Å². The minimum absolute atomic E-state index is 0.326. The quantitative estimate of drug-likeness (QED) is 0.451. The van der Waals surface area contributed by atoms with Gasteiger partial charge in [-0.2, -0.15) is 4.98 Å². The molecule has 3 aromatic rings. The first kappa shape index (κ1) is 19.1. The number of anilines is 1. The highest BCUT2D eigenvalue weighted by Crippen LogP contribution is 2.54. The summed E-state index contributed by atoms with van der Waals surface area (Å²) in [6.07, 6.45) is 3.67. The Morgan fingerprint density at radius 1 is 1.14 bits per heavy atom. The Bertz CT molecular complexity index is 1080. The van der Waals surface area contributed by atoms with Crippen molar-refractivity contribution in [1.82, 2.24) is 9.97 Å². The van der Waals surface area contributed by atoms with Crippen molar-refractivity contribution in [3.8, 4) is 16.9 Å².